The monoisotopic (exact) mass is 389 g/mol. The van der Waals surface area contributed by atoms with Gasteiger partial charge >= 0.3 is 6.09 Å². The topological polar surface area (TPSA) is 95.1 Å². The Hall–Kier alpha value is -2.77. The van der Waals surface area contributed by atoms with Gasteiger partial charge in [-0.15, -0.1) is 0 Å². The van der Waals surface area contributed by atoms with Gasteiger partial charge < -0.3 is 20.3 Å². The molecule has 1 fully saturated rings. The minimum atomic E-state index is -0.497. The van der Waals surface area contributed by atoms with Crippen molar-refractivity contribution in [3.8, 4) is 0 Å². The summed E-state index contributed by atoms with van der Waals surface area (Å²) in [5.74, 6) is 0.844. The molecule has 0 aliphatic heterocycles. The molecule has 0 heterocycles. The van der Waals surface area contributed by atoms with Crippen LogP contribution in [-0.4, -0.2) is 57.7 Å². The summed E-state index contributed by atoms with van der Waals surface area (Å²) >= 11 is 0. The van der Waals surface area contributed by atoms with E-state index in [2.05, 4.69) is 25.7 Å². The van der Waals surface area contributed by atoms with E-state index in [4.69, 9.17) is 0 Å². The molecule has 1 aromatic rings. The van der Waals surface area contributed by atoms with E-state index in [1.165, 1.54) is 7.11 Å². The first-order valence-electron chi connectivity index (χ1n) is 9.50. The van der Waals surface area contributed by atoms with Gasteiger partial charge in [-0.05, 0) is 30.5 Å². The van der Waals surface area contributed by atoms with E-state index in [-0.39, 0.29) is 11.3 Å². The number of nitrogens with one attached hydrogen (secondary N) is 3. The Bertz CT molecular complexity index is 694. The third-order valence-electron chi connectivity index (χ3n) is 5.08. The molecule has 154 valence electrons. The molecule has 0 spiro atoms. The molecule has 0 radical (unpaired) electrons. The molecule has 8 nitrogen and oxygen atoms in total. The fraction of sp³-hybridized carbons (Fsp3) is 0.550. The van der Waals surface area contributed by atoms with Crippen LogP contribution in [0.3, 0.4) is 0 Å². The number of hydrogen-bond donors (Lipinski definition) is 3. The fourth-order valence-electron chi connectivity index (χ4n) is 3.53. The molecule has 0 atom stereocenters. The number of ether oxygens (including phenoxy) is 1. The highest BCUT2D eigenvalue weighted by Gasteiger charge is 2.42. The van der Waals surface area contributed by atoms with E-state index in [1.54, 1.807) is 11.9 Å². The summed E-state index contributed by atoms with van der Waals surface area (Å²) in [5.41, 5.74) is 1.37. The summed E-state index contributed by atoms with van der Waals surface area (Å²) in [5, 5.41) is 9.21. The second-order valence-corrected chi connectivity index (χ2v) is 7.28. The zero-order valence-electron chi connectivity index (χ0n) is 17.2. The summed E-state index contributed by atoms with van der Waals surface area (Å²) in [6, 6.07) is 7.46. The molecule has 2 rings (SSSR count). The number of nitrogens with zero attached hydrogens (tertiary/aromatic N) is 2. The second-order valence-electron chi connectivity index (χ2n) is 7.28. The molecule has 2 amide bonds. The van der Waals surface area contributed by atoms with Crippen molar-refractivity contribution in [2.45, 2.75) is 32.2 Å². The predicted octanol–water partition coefficient (Wildman–Crippen LogP) is 2.18. The molecule has 0 unspecified atom stereocenters. The van der Waals surface area contributed by atoms with Gasteiger partial charge in [0.05, 0.1) is 12.5 Å². The highest BCUT2D eigenvalue weighted by atomic mass is 16.5. The third kappa shape index (κ3) is 5.61. The maximum absolute atomic E-state index is 12.7. The number of amides is 2. The van der Waals surface area contributed by atoms with Gasteiger partial charge in [0, 0.05) is 39.9 Å². The molecule has 3 N–H and O–H groups in total. The summed E-state index contributed by atoms with van der Waals surface area (Å²) in [6.07, 6.45) is 3.48. The summed E-state index contributed by atoms with van der Waals surface area (Å²) < 4.78 is 4.57. The number of hydrogen-bond acceptors (Lipinski definition) is 4. The van der Waals surface area contributed by atoms with Crippen LogP contribution in [0.5, 0.6) is 0 Å². The lowest BCUT2D eigenvalue weighted by molar-refractivity contribution is -0.138. The van der Waals surface area contributed by atoms with Crippen LogP contribution >= 0.6 is 0 Å². The van der Waals surface area contributed by atoms with Crippen molar-refractivity contribution >= 4 is 23.6 Å². The van der Waals surface area contributed by atoms with E-state index < -0.39 is 6.09 Å². The minimum absolute atomic E-state index is 0.182. The Labute approximate surface area is 166 Å². The normalized spacial score (nSPS) is 15.6. The van der Waals surface area contributed by atoms with E-state index >= 15 is 0 Å². The van der Waals surface area contributed by atoms with Crippen LogP contribution in [0.4, 0.5) is 10.5 Å². The van der Waals surface area contributed by atoms with Gasteiger partial charge in [0.2, 0.25) is 5.91 Å². The van der Waals surface area contributed by atoms with Crippen LogP contribution in [-0.2, 0) is 16.1 Å². The number of rotatable bonds is 6. The van der Waals surface area contributed by atoms with Crippen LogP contribution in [0.15, 0.2) is 29.3 Å². The Morgan fingerprint density at radius 1 is 1.14 bits per heavy atom. The van der Waals surface area contributed by atoms with Gasteiger partial charge in [-0.2, -0.15) is 0 Å². The Morgan fingerprint density at radius 3 is 2.32 bits per heavy atom. The molecule has 0 saturated heterocycles. The van der Waals surface area contributed by atoms with Crippen LogP contribution in [0.1, 0.15) is 31.2 Å². The molecule has 28 heavy (non-hydrogen) atoms. The lowest BCUT2D eigenvalue weighted by Crippen LogP contribution is -2.49. The van der Waals surface area contributed by atoms with Gasteiger partial charge in [-0.1, -0.05) is 25.0 Å². The van der Waals surface area contributed by atoms with Gasteiger partial charge in [0.25, 0.3) is 0 Å². The SMILES string of the molecule is CN=C(NCc1ccc(NC(=O)OC)cc1)NCC1(C(=O)N(C)C)CCCC1. The number of carbonyl (C=O) groups is 2. The highest BCUT2D eigenvalue weighted by molar-refractivity contribution is 5.85. The highest BCUT2D eigenvalue weighted by Crippen LogP contribution is 2.38. The Kier molecular flexibility index (Phi) is 7.66. The number of anilines is 1. The molecular formula is C20H31N5O3. The van der Waals surface area contributed by atoms with Crippen LogP contribution < -0.4 is 16.0 Å². The first kappa shape index (κ1) is 21.5. The zero-order chi connectivity index (χ0) is 20.6. The van der Waals surface area contributed by atoms with Crippen molar-refractivity contribution < 1.29 is 14.3 Å². The fourth-order valence-corrected chi connectivity index (χ4v) is 3.53. The maximum Gasteiger partial charge on any atom is 0.411 e. The van der Waals surface area contributed by atoms with Crippen molar-refractivity contribution in [2.24, 2.45) is 10.4 Å². The van der Waals surface area contributed by atoms with Gasteiger partial charge in [-0.25, -0.2) is 4.79 Å². The average Bonchev–Trinajstić information content (AvgIpc) is 3.18. The zero-order valence-corrected chi connectivity index (χ0v) is 17.2. The summed E-state index contributed by atoms with van der Waals surface area (Å²) in [4.78, 5) is 29.8. The molecule has 1 saturated carbocycles. The summed E-state index contributed by atoms with van der Waals surface area (Å²) in [7, 11) is 6.67. The lowest BCUT2D eigenvalue weighted by atomic mass is 9.84. The first-order valence-corrected chi connectivity index (χ1v) is 9.50. The third-order valence-corrected chi connectivity index (χ3v) is 5.08. The summed E-state index contributed by atoms with van der Waals surface area (Å²) in [6.45, 7) is 1.15. The average molecular weight is 390 g/mol. The molecular weight excluding hydrogens is 358 g/mol. The maximum atomic E-state index is 12.7. The van der Waals surface area contributed by atoms with Crippen molar-refractivity contribution in [1.29, 1.82) is 0 Å². The molecule has 1 aliphatic carbocycles. The molecule has 1 aromatic carbocycles. The van der Waals surface area contributed by atoms with Crippen molar-refractivity contribution in [3.05, 3.63) is 29.8 Å². The minimum Gasteiger partial charge on any atom is -0.453 e. The predicted molar refractivity (Wildman–Crippen MR) is 110 cm³/mol. The molecule has 8 heteroatoms. The number of methoxy groups -OCH3 is 1. The Balaban J connectivity index is 1.89. The van der Waals surface area contributed by atoms with Crippen molar-refractivity contribution in [2.75, 3.05) is 40.1 Å². The largest absolute Gasteiger partial charge is 0.453 e. The number of aliphatic imine (C=N–C) groups is 1. The van der Waals surface area contributed by atoms with E-state index in [0.29, 0.717) is 24.7 Å². The van der Waals surface area contributed by atoms with Crippen LogP contribution in [0, 0.1) is 5.41 Å². The molecule has 0 aromatic heterocycles. The Morgan fingerprint density at radius 2 is 1.79 bits per heavy atom. The van der Waals surface area contributed by atoms with Crippen LogP contribution in [0.25, 0.3) is 0 Å². The van der Waals surface area contributed by atoms with E-state index in [0.717, 1.165) is 31.2 Å². The second kappa shape index (κ2) is 9.96. The van der Waals surface area contributed by atoms with Gasteiger partial charge in [-0.3, -0.25) is 15.1 Å². The number of carbonyl (C=O) groups excluding carboxylic acids is 2. The van der Waals surface area contributed by atoms with Gasteiger partial charge in [0.1, 0.15) is 0 Å². The van der Waals surface area contributed by atoms with E-state index in [1.807, 2.05) is 38.4 Å². The number of guanidine groups is 1. The number of benzene rings is 1. The molecule has 1 aliphatic rings. The van der Waals surface area contributed by atoms with Crippen molar-refractivity contribution in [1.82, 2.24) is 15.5 Å². The standard InChI is InChI=1S/C20H31N5O3/c1-21-18(23-14-20(11-5-6-12-20)17(26)25(2)3)22-13-15-7-9-16(10-8-15)24-19(27)28-4/h7-10H,5-6,11-14H2,1-4H3,(H,24,27)(H2,21,22,23). The first-order chi connectivity index (χ1) is 13.4. The van der Waals surface area contributed by atoms with Crippen molar-refractivity contribution in [3.63, 3.8) is 0 Å². The molecule has 0 bridgehead atoms. The smallest absolute Gasteiger partial charge is 0.411 e. The lowest BCUT2D eigenvalue weighted by Gasteiger charge is -2.31. The van der Waals surface area contributed by atoms with E-state index in [9.17, 15) is 9.59 Å². The van der Waals surface area contributed by atoms with Crippen LogP contribution in [0.2, 0.25) is 0 Å². The van der Waals surface area contributed by atoms with Gasteiger partial charge in [0.15, 0.2) is 5.96 Å². The quantitative estimate of drug-likeness (QED) is 0.512.